The third-order valence-electron chi connectivity index (χ3n) is 2.62. The predicted octanol–water partition coefficient (Wildman–Crippen LogP) is 4.42. The van der Waals surface area contributed by atoms with E-state index < -0.39 is 5.82 Å². The van der Waals surface area contributed by atoms with Crippen LogP contribution >= 0.6 is 27.5 Å². The van der Waals surface area contributed by atoms with E-state index >= 15 is 0 Å². The van der Waals surface area contributed by atoms with Crippen molar-refractivity contribution in [3.8, 4) is 5.75 Å². The van der Waals surface area contributed by atoms with Gasteiger partial charge >= 0.3 is 0 Å². The quantitative estimate of drug-likeness (QED) is 0.817. The van der Waals surface area contributed by atoms with Crippen molar-refractivity contribution < 1.29 is 13.5 Å². The molecule has 2 rings (SSSR count). The van der Waals surface area contributed by atoms with Crippen molar-refractivity contribution in [2.75, 3.05) is 0 Å². The van der Waals surface area contributed by atoms with Gasteiger partial charge in [-0.05, 0) is 45.3 Å². The van der Waals surface area contributed by atoms with E-state index in [1.807, 2.05) is 0 Å². The second-order valence-electron chi connectivity index (χ2n) is 4.16. The molecular weight excluding hydrogens is 352 g/mol. The minimum absolute atomic E-state index is 0.000369. The van der Waals surface area contributed by atoms with Crippen LogP contribution in [0.1, 0.15) is 11.1 Å². The maximum absolute atomic E-state index is 13.4. The standard InChI is InChI=1S/C14H11BrClF2NO/c15-11-4-12(16)13(18)5-14(11)20-7-9-1-8(6-19)2-10(17)3-9/h1-5H,6-7,19H2. The van der Waals surface area contributed by atoms with Gasteiger partial charge in [-0.1, -0.05) is 17.7 Å². The molecule has 0 fully saturated rings. The van der Waals surface area contributed by atoms with Gasteiger partial charge in [-0.15, -0.1) is 0 Å². The summed E-state index contributed by atoms with van der Waals surface area (Å²) in [6.45, 7) is 0.342. The molecule has 0 unspecified atom stereocenters. The van der Waals surface area contributed by atoms with Gasteiger partial charge in [0.05, 0.1) is 9.50 Å². The highest BCUT2D eigenvalue weighted by Crippen LogP contribution is 2.31. The fourth-order valence-corrected chi connectivity index (χ4v) is 2.45. The Bertz CT molecular complexity index is 637. The highest BCUT2D eigenvalue weighted by atomic mass is 79.9. The van der Waals surface area contributed by atoms with Crippen molar-refractivity contribution in [1.82, 2.24) is 0 Å². The van der Waals surface area contributed by atoms with Crippen molar-refractivity contribution in [3.05, 3.63) is 62.6 Å². The zero-order valence-electron chi connectivity index (χ0n) is 10.3. The average molecular weight is 363 g/mol. The van der Waals surface area contributed by atoms with Crippen LogP contribution in [0.3, 0.4) is 0 Å². The van der Waals surface area contributed by atoms with Gasteiger partial charge < -0.3 is 10.5 Å². The summed E-state index contributed by atoms with van der Waals surface area (Å²) >= 11 is 8.87. The van der Waals surface area contributed by atoms with Crippen LogP contribution < -0.4 is 10.5 Å². The van der Waals surface area contributed by atoms with Crippen LogP contribution in [0.2, 0.25) is 5.02 Å². The molecule has 2 aromatic rings. The topological polar surface area (TPSA) is 35.2 Å². The molecule has 0 saturated heterocycles. The molecule has 0 radical (unpaired) electrons. The highest BCUT2D eigenvalue weighted by molar-refractivity contribution is 9.10. The first-order valence-electron chi connectivity index (χ1n) is 5.75. The van der Waals surface area contributed by atoms with E-state index in [1.54, 1.807) is 6.07 Å². The number of ether oxygens (including phenoxy) is 1. The zero-order valence-corrected chi connectivity index (χ0v) is 12.6. The molecule has 2 nitrogen and oxygen atoms in total. The van der Waals surface area contributed by atoms with Crippen molar-refractivity contribution >= 4 is 27.5 Å². The first-order chi connectivity index (χ1) is 9.49. The van der Waals surface area contributed by atoms with E-state index in [0.717, 1.165) is 0 Å². The Morgan fingerprint density at radius 2 is 1.80 bits per heavy atom. The number of hydrogen-bond acceptors (Lipinski definition) is 2. The summed E-state index contributed by atoms with van der Waals surface area (Å²) in [6.07, 6.45) is 0. The third kappa shape index (κ3) is 3.69. The summed E-state index contributed by atoms with van der Waals surface area (Å²) in [5.41, 5.74) is 6.77. The molecule has 106 valence electrons. The van der Waals surface area contributed by atoms with E-state index in [1.165, 1.54) is 24.3 Å². The van der Waals surface area contributed by atoms with Crippen LogP contribution in [0.4, 0.5) is 8.78 Å². The summed E-state index contributed by atoms with van der Waals surface area (Å²) in [7, 11) is 0. The molecule has 0 saturated carbocycles. The van der Waals surface area contributed by atoms with Crippen molar-refractivity contribution in [1.29, 1.82) is 0 Å². The van der Waals surface area contributed by atoms with Crippen LogP contribution in [-0.2, 0) is 13.2 Å². The number of rotatable bonds is 4. The first kappa shape index (κ1) is 15.2. The van der Waals surface area contributed by atoms with Crippen LogP contribution in [0.25, 0.3) is 0 Å². The fourth-order valence-electron chi connectivity index (χ4n) is 1.69. The van der Waals surface area contributed by atoms with Crippen LogP contribution in [0.15, 0.2) is 34.8 Å². The van der Waals surface area contributed by atoms with E-state index in [2.05, 4.69) is 15.9 Å². The van der Waals surface area contributed by atoms with Gasteiger partial charge in [-0.3, -0.25) is 0 Å². The molecule has 0 aromatic heterocycles. The maximum atomic E-state index is 13.4. The molecule has 0 bridgehead atoms. The van der Waals surface area contributed by atoms with Crippen LogP contribution in [0, 0.1) is 11.6 Å². The van der Waals surface area contributed by atoms with Crippen molar-refractivity contribution in [2.45, 2.75) is 13.2 Å². The third-order valence-corrected chi connectivity index (χ3v) is 3.53. The Balaban J connectivity index is 2.16. The molecule has 0 aliphatic carbocycles. The zero-order chi connectivity index (χ0) is 14.7. The lowest BCUT2D eigenvalue weighted by atomic mass is 10.1. The van der Waals surface area contributed by atoms with Crippen molar-refractivity contribution in [3.63, 3.8) is 0 Å². The number of benzene rings is 2. The first-order valence-corrected chi connectivity index (χ1v) is 6.92. The molecule has 0 aliphatic heterocycles. The number of halogens is 4. The number of hydrogen-bond donors (Lipinski definition) is 1. The SMILES string of the molecule is NCc1cc(F)cc(COc2cc(F)c(Cl)cc2Br)c1. The summed E-state index contributed by atoms with van der Waals surface area (Å²) in [5.74, 6) is -0.662. The monoisotopic (exact) mass is 361 g/mol. The largest absolute Gasteiger partial charge is 0.488 e. The number of nitrogens with two attached hydrogens (primary N) is 1. The fraction of sp³-hybridized carbons (Fsp3) is 0.143. The molecule has 6 heteroatoms. The lowest BCUT2D eigenvalue weighted by Gasteiger charge is -2.10. The smallest absolute Gasteiger partial charge is 0.145 e. The maximum Gasteiger partial charge on any atom is 0.145 e. The lowest BCUT2D eigenvalue weighted by Crippen LogP contribution is -2.02. The Morgan fingerprint density at radius 1 is 1.10 bits per heavy atom. The van der Waals surface area contributed by atoms with E-state index in [9.17, 15) is 8.78 Å². The molecule has 2 aromatic carbocycles. The highest BCUT2D eigenvalue weighted by Gasteiger charge is 2.09. The Hall–Kier alpha value is -1.17. The van der Waals surface area contributed by atoms with Crippen LogP contribution in [0.5, 0.6) is 5.75 Å². The molecule has 2 N–H and O–H groups in total. The van der Waals surface area contributed by atoms with Gasteiger partial charge in [0, 0.05) is 12.6 Å². The molecule has 0 spiro atoms. The lowest BCUT2D eigenvalue weighted by molar-refractivity contribution is 0.302. The van der Waals surface area contributed by atoms with Crippen LogP contribution in [-0.4, -0.2) is 0 Å². The Labute approximate surface area is 128 Å². The molecule has 0 atom stereocenters. The predicted molar refractivity (Wildman–Crippen MR) is 77.7 cm³/mol. The summed E-state index contributed by atoms with van der Waals surface area (Å²) in [5, 5.41) is 0.000369. The second kappa shape index (κ2) is 6.52. The molecular formula is C14H11BrClF2NO. The van der Waals surface area contributed by atoms with Gasteiger partial charge in [-0.2, -0.15) is 0 Å². The van der Waals surface area contributed by atoms with E-state index in [4.69, 9.17) is 22.1 Å². The van der Waals surface area contributed by atoms with Crippen molar-refractivity contribution in [2.24, 2.45) is 5.73 Å². The summed E-state index contributed by atoms with van der Waals surface area (Å²) < 4.78 is 32.7. The van der Waals surface area contributed by atoms with Gasteiger partial charge in [0.25, 0.3) is 0 Å². The molecule has 0 aliphatic rings. The normalized spacial score (nSPS) is 10.7. The Morgan fingerprint density at radius 3 is 2.50 bits per heavy atom. The van der Waals surface area contributed by atoms with E-state index in [-0.39, 0.29) is 24.0 Å². The van der Waals surface area contributed by atoms with Gasteiger partial charge in [0.1, 0.15) is 24.0 Å². The Kier molecular flexibility index (Phi) is 4.96. The second-order valence-corrected chi connectivity index (χ2v) is 5.42. The summed E-state index contributed by atoms with van der Waals surface area (Å²) in [4.78, 5) is 0. The average Bonchev–Trinajstić information content (AvgIpc) is 2.40. The minimum atomic E-state index is -0.577. The van der Waals surface area contributed by atoms with Gasteiger partial charge in [0.15, 0.2) is 0 Å². The summed E-state index contributed by atoms with van der Waals surface area (Å²) in [6, 6.07) is 7.03. The minimum Gasteiger partial charge on any atom is -0.488 e. The van der Waals surface area contributed by atoms with Gasteiger partial charge in [0.2, 0.25) is 0 Å². The molecule has 0 amide bonds. The molecule has 20 heavy (non-hydrogen) atoms. The van der Waals surface area contributed by atoms with E-state index in [0.29, 0.717) is 21.3 Å². The molecule has 0 heterocycles. The van der Waals surface area contributed by atoms with Gasteiger partial charge in [-0.25, -0.2) is 8.78 Å².